The van der Waals surface area contributed by atoms with Crippen molar-refractivity contribution >= 4 is 33.0 Å². The van der Waals surface area contributed by atoms with E-state index in [0.29, 0.717) is 11.1 Å². The van der Waals surface area contributed by atoms with E-state index >= 15 is 0 Å². The molecule has 5 nitrogen and oxygen atoms in total. The summed E-state index contributed by atoms with van der Waals surface area (Å²) in [5, 5.41) is 2.61. The predicted molar refractivity (Wildman–Crippen MR) is 83.6 cm³/mol. The highest BCUT2D eigenvalue weighted by atomic mass is 32.2. The molecule has 0 bridgehead atoms. The van der Waals surface area contributed by atoms with Crippen LogP contribution in [0.25, 0.3) is 0 Å². The first kappa shape index (κ1) is 16.6. The Labute approximate surface area is 124 Å². The van der Waals surface area contributed by atoms with E-state index in [1.54, 1.807) is 38.1 Å². The molecule has 1 amide bonds. The van der Waals surface area contributed by atoms with Gasteiger partial charge in [-0.15, -0.1) is 0 Å². The first-order chi connectivity index (χ1) is 9.04. The molecule has 0 aliphatic rings. The number of rotatable bonds is 5. The van der Waals surface area contributed by atoms with Gasteiger partial charge in [-0.2, -0.15) is 0 Å². The summed E-state index contributed by atoms with van der Waals surface area (Å²) >= 11 is 4.82. The number of carbonyl (C=O) groups excluding carboxylic acids is 1. The predicted octanol–water partition coefficient (Wildman–Crippen LogP) is 0.874. The maximum Gasteiger partial charge on any atom is 0.251 e. The van der Waals surface area contributed by atoms with Crippen LogP contribution in [-0.4, -0.2) is 36.9 Å². The lowest BCUT2D eigenvalue weighted by Gasteiger charge is -2.22. The molecular formula is C13H18N2O3S2. The third-order valence-electron chi connectivity index (χ3n) is 3.11. The zero-order valence-corrected chi connectivity index (χ0v) is 13.3. The maximum absolute atomic E-state index is 11.9. The summed E-state index contributed by atoms with van der Waals surface area (Å²) in [5.74, 6) is -0.337. The van der Waals surface area contributed by atoms with E-state index in [0.717, 1.165) is 6.26 Å². The Kier molecular flexibility index (Phi) is 4.88. The average Bonchev–Trinajstić information content (AvgIpc) is 2.34. The normalized spacial score (nSPS) is 11.9. The largest absolute Gasteiger partial charge is 0.389 e. The van der Waals surface area contributed by atoms with Gasteiger partial charge in [0.1, 0.15) is 4.99 Å². The number of hydrogen-bond donors (Lipinski definition) is 2. The Morgan fingerprint density at radius 2 is 1.70 bits per heavy atom. The first-order valence-corrected chi connectivity index (χ1v) is 8.22. The molecule has 0 heterocycles. The number of amides is 1. The van der Waals surface area contributed by atoms with E-state index in [1.807, 2.05) is 0 Å². The minimum atomic E-state index is -3.25. The van der Waals surface area contributed by atoms with Crippen molar-refractivity contribution in [2.75, 3.05) is 12.8 Å². The van der Waals surface area contributed by atoms with Crippen LogP contribution in [0.15, 0.2) is 24.3 Å². The van der Waals surface area contributed by atoms with Gasteiger partial charge in [0.05, 0.1) is 4.75 Å². The second-order valence-electron chi connectivity index (χ2n) is 5.16. The van der Waals surface area contributed by atoms with E-state index in [-0.39, 0.29) is 17.4 Å². The maximum atomic E-state index is 11.9. The number of thiocarbonyl (C=S) groups is 1. The zero-order chi connectivity index (χ0) is 15.6. The highest BCUT2D eigenvalue weighted by Crippen LogP contribution is 2.14. The Morgan fingerprint density at radius 1 is 1.25 bits per heavy atom. The molecule has 0 fully saturated rings. The molecule has 0 spiro atoms. The summed E-state index contributed by atoms with van der Waals surface area (Å²) in [5.41, 5.74) is 6.57. The van der Waals surface area contributed by atoms with E-state index in [2.05, 4.69) is 5.32 Å². The fourth-order valence-corrected chi connectivity index (χ4v) is 1.78. The van der Waals surface area contributed by atoms with Gasteiger partial charge in [0.25, 0.3) is 5.91 Å². The number of hydrogen-bond acceptors (Lipinski definition) is 4. The second-order valence-corrected chi connectivity index (χ2v) is 8.25. The fraction of sp³-hybridized carbons (Fsp3) is 0.385. The molecule has 3 N–H and O–H groups in total. The zero-order valence-electron chi connectivity index (χ0n) is 11.6. The number of carbonyl (C=O) groups is 1. The van der Waals surface area contributed by atoms with Crippen molar-refractivity contribution in [3.8, 4) is 0 Å². The van der Waals surface area contributed by atoms with Crippen LogP contribution in [0.4, 0.5) is 0 Å². The molecule has 1 rings (SSSR count). The second kappa shape index (κ2) is 5.88. The van der Waals surface area contributed by atoms with Crippen molar-refractivity contribution in [3.05, 3.63) is 35.4 Å². The molecule has 0 aliphatic carbocycles. The average molecular weight is 314 g/mol. The molecule has 0 aliphatic heterocycles. The lowest BCUT2D eigenvalue weighted by molar-refractivity contribution is 0.0950. The van der Waals surface area contributed by atoms with Gasteiger partial charge < -0.3 is 11.1 Å². The van der Waals surface area contributed by atoms with Gasteiger partial charge in [0.15, 0.2) is 9.84 Å². The van der Waals surface area contributed by atoms with Crippen LogP contribution in [0.1, 0.15) is 29.8 Å². The van der Waals surface area contributed by atoms with Gasteiger partial charge in [-0.3, -0.25) is 4.79 Å². The third-order valence-corrected chi connectivity index (χ3v) is 5.50. The Morgan fingerprint density at radius 3 is 2.10 bits per heavy atom. The first-order valence-electron chi connectivity index (χ1n) is 5.92. The van der Waals surface area contributed by atoms with Crippen LogP contribution >= 0.6 is 12.2 Å². The number of nitrogens with one attached hydrogen (secondary N) is 1. The van der Waals surface area contributed by atoms with E-state index in [9.17, 15) is 13.2 Å². The molecule has 0 unspecified atom stereocenters. The highest BCUT2D eigenvalue weighted by Gasteiger charge is 2.30. The summed E-state index contributed by atoms with van der Waals surface area (Å²) in [6, 6.07) is 6.49. The lowest BCUT2D eigenvalue weighted by atomic mass is 10.1. The van der Waals surface area contributed by atoms with Crippen LogP contribution in [-0.2, 0) is 9.84 Å². The van der Waals surface area contributed by atoms with Gasteiger partial charge >= 0.3 is 0 Å². The fourth-order valence-electron chi connectivity index (χ4n) is 1.31. The van der Waals surface area contributed by atoms with Crippen LogP contribution < -0.4 is 11.1 Å². The Balaban J connectivity index is 2.75. The Hall–Kier alpha value is -1.47. The number of benzene rings is 1. The van der Waals surface area contributed by atoms with Gasteiger partial charge in [0.2, 0.25) is 0 Å². The minimum Gasteiger partial charge on any atom is -0.389 e. The van der Waals surface area contributed by atoms with E-state index in [4.69, 9.17) is 18.0 Å². The summed E-state index contributed by atoms with van der Waals surface area (Å²) in [6.45, 7) is 3.18. The summed E-state index contributed by atoms with van der Waals surface area (Å²) in [7, 11) is -3.25. The summed E-state index contributed by atoms with van der Waals surface area (Å²) in [4.78, 5) is 12.2. The van der Waals surface area contributed by atoms with Crippen LogP contribution in [0.3, 0.4) is 0 Å². The Bertz CT molecular complexity index is 620. The smallest absolute Gasteiger partial charge is 0.251 e. The lowest BCUT2D eigenvalue weighted by Crippen LogP contribution is -2.43. The third kappa shape index (κ3) is 4.01. The molecule has 0 atom stereocenters. The van der Waals surface area contributed by atoms with Crippen LogP contribution in [0.2, 0.25) is 0 Å². The highest BCUT2D eigenvalue weighted by molar-refractivity contribution is 7.92. The van der Waals surface area contributed by atoms with Gasteiger partial charge in [-0.05, 0) is 26.0 Å². The molecule has 0 saturated heterocycles. The van der Waals surface area contributed by atoms with Gasteiger partial charge in [-0.1, -0.05) is 24.4 Å². The van der Waals surface area contributed by atoms with Gasteiger partial charge in [-0.25, -0.2) is 8.42 Å². The van der Waals surface area contributed by atoms with Crippen LogP contribution in [0.5, 0.6) is 0 Å². The summed E-state index contributed by atoms with van der Waals surface area (Å²) in [6.07, 6.45) is 1.15. The van der Waals surface area contributed by atoms with Gasteiger partial charge in [0, 0.05) is 23.9 Å². The standard InChI is InChI=1S/C13H18N2O3S2/c1-13(2,20(3,17)18)8-15-12(16)10-6-4-9(5-7-10)11(14)19/h4-7H,8H2,1-3H3,(H2,14,19)(H,15,16). The van der Waals surface area contributed by atoms with Crippen LogP contribution in [0, 0.1) is 0 Å². The van der Waals surface area contributed by atoms with Crippen molar-refractivity contribution in [2.45, 2.75) is 18.6 Å². The van der Waals surface area contributed by atoms with Crippen molar-refractivity contribution in [2.24, 2.45) is 5.73 Å². The molecule has 1 aromatic carbocycles. The molecule has 20 heavy (non-hydrogen) atoms. The molecule has 110 valence electrons. The molecule has 0 saturated carbocycles. The molecule has 0 aromatic heterocycles. The molecular weight excluding hydrogens is 296 g/mol. The van der Waals surface area contributed by atoms with Crippen molar-refractivity contribution in [1.82, 2.24) is 5.32 Å². The summed E-state index contributed by atoms with van der Waals surface area (Å²) < 4.78 is 22.1. The van der Waals surface area contributed by atoms with E-state index in [1.165, 1.54) is 0 Å². The van der Waals surface area contributed by atoms with E-state index < -0.39 is 14.6 Å². The topological polar surface area (TPSA) is 89.3 Å². The van der Waals surface area contributed by atoms with Crippen molar-refractivity contribution < 1.29 is 13.2 Å². The van der Waals surface area contributed by atoms with Crippen molar-refractivity contribution in [3.63, 3.8) is 0 Å². The monoisotopic (exact) mass is 314 g/mol. The number of sulfone groups is 1. The molecule has 0 radical (unpaired) electrons. The quantitative estimate of drug-likeness (QED) is 0.787. The molecule has 1 aromatic rings. The number of nitrogens with two attached hydrogens (primary N) is 1. The minimum absolute atomic E-state index is 0.0434. The SMILES string of the molecule is CC(C)(CNC(=O)c1ccc(C(N)=S)cc1)S(C)(=O)=O. The molecule has 7 heteroatoms. The van der Waals surface area contributed by atoms with Crippen molar-refractivity contribution in [1.29, 1.82) is 0 Å².